The predicted molar refractivity (Wildman–Crippen MR) is 141 cm³/mol. The van der Waals surface area contributed by atoms with Gasteiger partial charge in [-0.15, -0.1) is 0 Å². The first-order chi connectivity index (χ1) is 18.4. The van der Waals surface area contributed by atoms with Crippen molar-refractivity contribution >= 4 is 23.2 Å². The summed E-state index contributed by atoms with van der Waals surface area (Å²) in [6, 6.07) is 18.4. The molecule has 0 saturated heterocycles. The molecule has 0 radical (unpaired) electrons. The molecule has 0 unspecified atom stereocenters. The van der Waals surface area contributed by atoms with Crippen LogP contribution in [-0.4, -0.2) is 33.1 Å². The van der Waals surface area contributed by atoms with Gasteiger partial charge in [0.25, 0.3) is 5.91 Å². The second kappa shape index (κ2) is 10.6. The fourth-order valence-corrected chi connectivity index (χ4v) is 4.16. The number of hydrogen-bond acceptors (Lipinski definition) is 7. The summed E-state index contributed by atoms with van der Waals surface area (Å²) in [5, 5.41) is 7.20. The molecule has 0 aliphatic heterocycles. The normalized spacial score (nSPS) is 10.9. The van der Waals surface area contributed by atoms with Crippen LogP contribution in [0.3, 0.4) is 0 Å². The van der Waals surface area contributed by atoms with Crippen molar-refractivity contribution in [1.82, 2.24) is 14.6 Å². The zero-order valence-corrected chi connectivity index (χ0v) is 21.2. The van der Waals surface area contributed by atoms with E-state index in [0.29, 0.717) is 22.8 Å². The second-order valence-electron chi connectivity index (χ2n) is 8.65. The molecule has 9 nitrogen and oxygen atoms in total. The highest BCUT2D eigenvalue weighted by Gasteiger charge is 2.18. The quantitative estimate of drug-likeness (QED) is 0.270. The van der Waals surface area contributed by atoms with Crippen LogP contribution in [0.5, 0.6) is 5.75 Å². The van der Waals surface area contributed by atoms with Crippen LogP contribution in [0.25, 0.3) is 16.9 Å². The molecule has 9 heteroatoms. The summed E-state index contributed by atoms with van der Waals surface area (Å²) in [5.41, 5.74) is 4.79. The summed E-state index contributed by atoms with van der Waals surface area (Å²) < 4.78 is 18.3. The molecule has 0 atom stereocenters. The molecule has 1 amide bonds. The van der Waals surface area contributed by atoms with Gasteiger partial charge in [0, 0.05) is 17.4 Å². The third-order valence-electron chi connectivity index (χ3n) is 5.97. The number of benzene rings is 2. The number of nitrogens with zero attached hydrogens (tertiary/aromatic N) is 3. The zero-order valence-electron chi connectivity index (χ0n) is 21.2. The lowest BCUT2D eigenvalue weighted by Crippen LogP contribution is -2.11. The van der Waals surface area contributed by atoms with Crippen molar-refractivity contribution in [3.8, 4) is 17.0 Å². The topological polar surface area (TPSA) is 108 Å². The van der Waals surface area contributed by atoms with E-state index in [1.807, 2.05) is 50.2 Å². The molecule has 0 bridgehead atoms. The number of fused-ring (bicyclic) bond motifs is 1. The summed E-state index contributed by atoms with van der Waals surface area (Å²) in [6.07, 6.45) is 3.04. The van der Waals surface area contributed by atoms with Crippen LogP contribution in [0.4, 0.5) is 5.69 Å². The number of anilines is 1. The first-order valence-electron chi connectivity index (χ1n) is 12.1. The van der Waals surface area contributed by atoms with Crippen LogP contribution in [0.1, 0.15) is 44.7 Å². The Kier molecular flexibility index (Phi) is 6.90. The van der Waals surface area contributed by atoms with Gasteiger partial charge < -0.3 is 19.2 Å². The van der Waals surface area contributed by atoms with Crippen molar-refractivity contribution in [3.05, 3.63) is 101 Å². The Morgan fingerprint density at radius 1 is 1.03 bits per heavy atom. The largest absolute Gasteiger partial charge is 0.485 e. The molecule has 5 rings (SSSR count). The molecular formula is C29H26N4O5. The van der Waals surface area contributed by atoms with Crippen LogP contribution in [-0.2, 0) is 11.3 Å². The fraction of sp³-hybridized carbons (Fsp3) is 0.172. The van der Waals surface area contributed by atoms with E-state index in [-0.39, 0.29) is 30.4 Å². The molecule has 1 N–H and O–H groups in total. The van der Waals surface area contributed by atoms with E-state index >= 15 is 0 Å². The van der Waals surface area contributed by atoms with Crippen molar-refractivity contribution in [2.45, 2.75) is 27.4 Å². The molecule has 2 aromatic carbocycles. The van der Waals surface area contributed by atoms with E-state index in [0.717, 1.165) is 22.4 Å². The van der Waals surface area contributed by atoms with E-state index in [1.54, 1.807) is 41.9 Å². The molecule has 192 valence electrons. The lowest BCUT2D eigenvalue weighted by Gasteiger charge is -2.10. The Morgan fingerprint density at radius 2 is 1.82 bits per heavy atom. The van der Waals surface area contributed by atoms with E-state index in [2.05, 4.69) is 15.4 Å². The Hall–Kier alpha value is -4.92. The van der Waals surface area contributed by atoms with Crippen molar-refractivity contribution < 1.29 is 23.5 Å². The average molecular weight is 511 g/mol. The molecule has 0 aliphatic rings. The van der Waals surface area contributed by atoms with Gasteiger partial charge in [-0.2, -0.15) is 5.10 Å². The van der Waals surface area contributed by atoms with Crippen molar-refractivity contribution in [1.29, 1.82) is 0 Å². The smallest absolute Gasteiger partial charge is 0.343 e. The van der Waals surface area contributed by atoms with Crippen LogP contribution >= 0.6 is 0 Å². The van der Waals surface area contributed by atoms with Gasteiger partial charge in [0.1, 0.15) is 23.7 Å². The van der Waals surface area contributed by atoms with Crippen molar-refractivity contribution in [2.75, 3.05) is 11.9 Å². The summed E-state index contributed by atoms with van der Waals surface area (Å²) >= 11 is 0. The van der Waals surface area contributed by atoms with E-state index in [4.69, 9.17) is 13.9 Å². The highest BCUT2D eigenvalue weighted by molar-refractivity contribution is 6.02. The highest BCUT2D eigenvalue weighted by Crippen LogP contribution is 2.26. The van der Waals surface area contributed by atoms with Crippen LogP contribution in [0.2, 0.25) is 0 Å². The number of aromatic nitrogens is 3. The van der Waals surface area contributed by atoms with Crippen LogP contribution in [0, 0.1) is 13.8 Å². The van der Waals surface area contributed by atoms with E-state index in [9.17, 15) is 9.59 Å². The van der Waals surface area contributed by atoms with Gasteiger partial charge in [-0.3, -0.25) is 4.79 Å². The molecule has 0 aliphatic carbocycles. The Morgan fingerprint density at radius 3 is 2.61 bits per heavy atom. The lowest BCUT2D eigenvalue weighted by atomic mass is 10.1. The maximum Gasteiger partial charge on any atom is 0.343 e. The summed E-state index contributed by atoms with van der Waals surface area (Å²) in [4.78, 5) is 29.4. The number of carbonyl (C=O) groups is 2. The minimum Gasteiger partial charge on any atom is -0.485 e. The van der Waals surface area contributed by atoms with Crippen LogP contribution in [0.15, 0.2) is 77.5 Å². The zero-order chi connectivity index (χ0) is 26.6. The fourth-order valence-electron chi connectivity index (χ4n) is 4.16. The number of furan rings is 1. The third kappa shape index (κ3) is 4.99. The van der Waals surface area contributed by atoms with Gasteiger partial charge in [-0.25, -0.2) is 14.3 Å². The number of nitrogens with one attached hydrogen (secondary N) is 1. The number of hydrogen-bond donors (Lipinski definition) is 1. The third-order valence-corrected chi connectivity index (χ3v) is 5.97. The predicted octanol–water partition coefficient (Wildman–Crippen LogP) is 5.61. The standard InChI is InChI=1S/C29H26N4O5/c1-4-36-29(35)23-16-31-33-24(13-14-30-27(23)33)20-9-6-10-21(15-20)32-28(34)25-12-11-22(38-25)17-37-26-18(2)7-5-8-19(26)3/h5-16H,4,17H2,1-3H3,(H,32,34). The highest BCUT2D eigenvalue weighted by atomic mass is 16.5. The number of amides is 1. The SMILES string of the molecule is CCOC(=O)c1cnn2c(-c3cccc(NC(=O)c4ccc(COc5c(C)cccc5C)o4)c3)ccnc12. The van der Waals surface area contributed by atoms with Crippen molar-refractivity contribution in [3.63, 3.8) is 0 Å². The number of carbonyl (C=O) groups excluding carboxylic acids is 2. The van der Waals surface area contributed by atoms with Crippen LogP contribution < -0.4 is 10.1 Å². The molecule has 3 heterocycles. The molecule has 5 aromatic rings. The Balaban J connectivity index is 1.31. The van der Waals surface area contributed by atoms with E-state index in [1.165, 1.54) is 6.20 Å². The Labute approximate surface area is 219 Å². The number of para-hydroxylation sites is 1. The molecular weight excluding hydrogens is 484 g/mol. The summed E-state index contributed by atoms with van der Waals surface area (Å²) in [5.74, 6) is 0.660. The number of aryl methyl sites for hydroxylation is 2. The number of esters is 1. The monoisotopic (exact) mass is 510 g/mol. The molecule has 38 heavy (non-hydrogen) atoms. The van der Waals surface area contributed by atoms with Crippen molar-refractivity contribution in [2.24, 2.45) is 0 Å². The molecule has 0 fully saturated rings. The van der Waals surface area contributed by atoms with Gasteiger partial charge in [0.2, 0.25) is 0 Å². The minimum atomic E-state index is -0.481. The minimum absolute atomic E-state index is 0.174. The van der Waals surface area contributed by atoms with Gasteiger partial charge in [-0.05, 0) is 62.2 Å². The summed E-state index contributed by atoms with van der Waals surface area (Å²) in [7, 11) is 0. The number of rotatable bonds is 8. The molecule has 3 aromatic heterocycles. The number of ether oxygens (including phenoxy) is 2. The maximum absolute atomic E-state index is 12.9. The van der Waals surface area contributed by atoms with Gasteiger partial charge >= 0.3 is 5.97 Å². The maximum atomic E-state index is 12.9. The lowest BCUT2D eigenvalue weighted by molar-refractivity contribution is 0.0528. The second-order valence-corrected chi connectivity index (χ2v) is 8.65. The van der Waals surface area contributed by atoms with Gasteiger partial charge in [-0.1, -0.05) is 30.3 Å². The molecule has 0 spiro atoms. The van der Waals surface area contributed by atoms with Gasteiger partial charge in [0.15, 0.2) is 11.4 Å². The molecule has 0 saturated carbocycles. The van der Waals surface area contributed by atoms with E-state index < -0.39 is 5.97 Å². The Bertz CT molecular complexity index is 1620. The average Bonchev–Trinajstić information content (AvgIpc) is 3.56. The first-order valence-corrected chi connectivity index (χ1v) is 12.1. The first kappa shape index (κ1) is 24.8. The van der Waals surface area contributed by atoms with Gasteiger partial charge in [0.05, 0.1) is 18.5 Å². The summed E-state index contributed by atoms with van der Waals surface area (Å²) in [6.45, 7) is 6.19.